The smallest absolute Gasteiger partial charge is 0.404 e. The fourth-order valence-electron chi connectivity index (χ4n) is 8.01. The van der Waals surface area contributed by atoms with Gasteiger partial charge in [0.2, 0.25) is 5.91 Å². The Morgan fingerprint density at radius 3 is 2.35 bits per heavy atom. The first-order valence-electron chi connectivity index (χ1n) is 17.2. The van der Waals surface area contributed by atoms with Crippen LogP contribution in [0.5, 0.6) is 0 Å². The Bertz CT molecular complexity index is 1660. The SMILES string of the molecule is Cc1ccc(C(=O)NC[C@H](NC(=O)c2cnn(-c3ccccc3)c2C)C(=O)N[C@@H](CC(C)C)B2O[C@@H]3C[C@@H]4C[C@@H](C4(C)C)[C@]3(C)O2)cc1. The minimum absolute atomic E-state index is 0.0285. The highest BCUT2D eigenvalue weighted by molar-refractivity contribution is 6.48. The Hall–Kier alpha value is -3.96. The fourth-order valence-corrected chi connectivity index (χ4v) is 8.01. The number of nitrogens with one attached hydrogen (secondary N) is 3. The van der Waals surface area contributed by atoms with Crippen molar-refractivity contribution in [3.05, 3.63) is 83.2 Å². The third-order valence-corrected chi connectivity index (χ3v) is 11.0. The summed E-state index contributed by atoms with van der Waals surface area (Å²) in [6, 6.07) is 15.6. The molecular weight excluding hydrogens is 605 g/mol. The van der Waals surface area contributed by atoms with E-state index in [-0.39, 0.29) is 29.9 Å². The van der Waals surface area contributed by atoms with Crippen LogP contribution in [0, 0.1) is 37.0 Å². The monoisotopic (exact) mass is 653 g/mol. The summed E-state index contributed by atoms with van der Waals surface area (Å²) >= 11 is 0. The predicted octanol–water partition coefficient (Wildman–Crippen LogP) is 4.82. The Morgan fingerprint density at radius 2 is 1.69 bits per heavy atom. The van der Waals surface area contributed by atoms with Gasteiger partial charge in [0.15, 0.2) is 0 Å². The molecule has 2 aromatic carbocycles. The number of para-hydroxylation sites is 1. The highest BCUT2D eigenvalue weighted by Gasteiger charge is 2.68. The van der Waals surface area contributed by atoms with Gasteiger partial charge >= 0.3 is 7.12 Å². The maximum absolute atomic E-state index is 14.1. The molecular formula is C37H48BN5O5. The van der Waals surface area contributed by atoms with E-state index in [2.05, 4.69) is 55.7 Å². The van der Waals surface area contributed by atoms with Crippen molar-refractivity contribution in [1.29, 1.82) is 0 Å². The molecule has 254 valence electrons. The van der Waals surface area contributed by atoms with E-state index in [4.69, 9.17) is 9.31 Å². The summed E-state index contributed by atoms with van der Waals surface area (Å²) in [4.78, 5) is 40.9. The zero-order valence-corrected chi connectivity index (χ0v) is 29.1. The van der Waals surface area contributed by atoms with Crippen molar-refractivity contribution in [3.63, 3.8) is 0 Å². The number of aryl methyl sites for hydroxylation is 1. The molecule has 1 aliphatic heterocycles. The molecule has 2 heterocycles. The van der Waals surface area contributed by atoms with Crippen LogP contribution < -0.4 is 16.0 Å². The first-order chi connectivity index (χ1) is 22.8. The van der Waals surface area contributed by atoms with Crippen molar-refractivity contribution in [2.75, 3.05) is 6.54 Å². The highest BCUT2D eigenvalue weighted by Crippen LogP contribution is 2.65. The average Bonchev–Trinajstić information content (AvgIpc) is 3.62. The van der Waals surface area contributed by atoms with E-state index in [1.165, 1.54) is 6.20 Å². The largest absolute Gasteiger partial charge is 0.481 e. The standard InChI is InChI=1S/C37H48BN5O5/c1-22(2)17-32(38-47-31-19-26-18-30(36(26,5)6)37(31,7)48-38)42-35(46)29(21-39-33(44)25-15-13-23(3)14-16-25)41-34(45)28-20-40-43(24(28)4)27-11-9-8-10-12-27/h8-16,20,22,26,29-32H,17-19,21H2,1-7H3,(H,39,44)(H,41,45)(H,42,46)/t26-,29-,30-,31+,32-,37-/m0/s1. The Morgan fingerprint density at radius 1 is 0.979 bits per heavy atom. The maximum Gasteiger partial charge on any atom is 0.481 e. The lowest BCUT2D eigenvalue weighted by atomic mass is 9.43. The molecule has 7 rings (SSSR count). The van der Waals surface area contributed by atoms with Crippen LogP contribution in [0.1, 0.15) is 85.9 Å². The number of rotatable bonds is 11. The van der Waals surface area contributed by atoms with E-state index >= 15 is 0 Å². The lowest BCUT2D eigenvalue weighted by Gasteiger charge is -2.64. The third kappa shape index (κ3) is 6.42. The minimum atomic E-state index is -1.08. The van der Waals surface area contributed by atoms with Crippen molar-refractivity contribution >= 4 is 24.8 Å². The molecule has 4 aliphatic rings. The Balaban J connectivity index is 1.21. The molecule has 3 amide bonds. The van der Waals surface area contributed by atoms with E-state index in [0.29, 0.717) is 35.1 Å². The van der Waals surface area contributed by atoms with Crippen molar-refractivity contribution < 1.29 is 23.7 Å². The molecule has 48 heavy (non-hydrogen) atoms. The van der Waals surface area contributed by atoms with Crippen LogP contribution in [-0.4, -0.2) is 64.9 Å². The normalized spacial score (nSPS) is 25.1. The molecule has 4 fully saturated rings. The van der Waals surface area contributed by atoms with Gasteiger partial charge in [0.05, 0.1) is 40.8 Å². The third-order valence-electron chi connectivity index (χ3n) is 11.0. The van der Waals surface area contributed by atoms with Gasteiger partial charge in [-0.3, -0.25) is 14.4 Å². The lowest BCUT2D eigenvalue weighted by molar-refractivity contribution is -0.199. The molecule has 2 bridgehead atoms. The quantitative estimate of drug-likeness (QED) is 0.255. The predicted molar refractivity (Wildman–Crippen MR) is 185 cm³/mol. The van der Waals surface area contributed by atoms with Crippen LogP contribution in [0.15, 0.2) is 60.8 Å². The molecule has 10 nitrogen and oxygen atoms in total. The molecule has 3 N–H and O–H groups in total. The fraction of sp³-hybridized carbons (Fsp3) is 0.514. The molecule has 11 heteroatoms. The lowest BCUT2D eigenvalue weighted by Crippen LogP contribution is -2.65. The zero-order valence-electron chi connectivity index (χ0n) is 29.1. The second-order valence-electron chi connectivity index (χ2n) is 15.1. The molecule has 1 saturated heterocycles. The minimum Gasteiger partial charge on any atom is -0.404 e. The first kappa shape index (κ1) is 33.9. The van der Waals surface area contributed by atoms with Crippen molar-refractivity contribution in [1.82, 2.24) is 25.7 Å². The summed E-state index contributed by atoms with van der Waals surface area (Å²) in [5.74, 6) is -0.448. The molecule has 6 atom stereocenters. The van der Waals surface area contributed by atoms with Gasteiger partial charge in [-0.05, 0) is 87.5 Å². The van der Waals surface area contributed by atoms with Gasteiger partial charge < -0.3 is 25.3 Å². The van der Waals surface area contributed by atoms with Gasteiger partial charge in [-0.15, -0.1) is 0 Å². The zero-order chi connectivity index (χ0) is 34.4. The summed E-state index contributed by atoms with van der Waals surface area (Å²) < 4.78 is 15.0. The summed E-state index contributed by atoms with van der Waals surface area (Å²) in [5, 5.41) is 13.3. The number of benzene rings is 2. The summed E-state index contributed by atoms with van der Waals surface area (Å²) in [6.45, 7) is 14.6. The number of amides is 3. The Kier molecular flexibility index (Phi) is 9.30. The van der Waals surface area contributed by atoms with Gasteiger partial charge in [-0.2, -0.15) is 5.10 Å². The van der Waals surface area contributed by atoms with Gasteiger partial charge in [-0.1, -0.05) is 63.6 Å². The maximum atomic E-state index is 14.1. The number of hydrogen-bond acceptors (Lipinski definition) is 6. The number of carbonyl (C=O) groups excluding carboxylic acids is 3. The number of nitrogens with zero attached hydrogens (tertiary/aromatic N) is 2. The van der Waals surface area contributed by atoms with Crippen LogP contribution in [-0.2, 0) is 14.1 Å². The molecule has 1 aromatic heterocycles. The highest BCUT2D eigenvalue weighted by atomic mass is 16.7. The molecule has 0 radical (unpaired) electrons. The second kappa shape index (κ2) is 13.2. The van der Waals surface area contributed by atoms with E-state index in [0.717, 1.165) is 24.1 Å². The molecule has 0 unspecified atom stereocenters. The molecule has 3 aromatic rings. The molecule has 0 spiro atoms. The number of aromatic nitrogens is 2. The van der Waals surface area contributed by atoms with Gasteiger partial charge in [0.25, 0.3) is 11.8 Å². The van der Waals surface area contributed by atoms with E-state index in [1.807, 2.05) is 56.3 Å². The van der Waals surface area contributed by atoms with E-state index in [9.17, 15) is 14.4 Å². The van der Waals surface area contributed by atoms with E-state index < -0.39 is 36.5 Å². The number of hydrogen-bond donors (Lipinski definition) is 3. The van der Waals surface area contributed by atoms with Crippen molar-refractivity contribution in [2.45, 2.75) is 91.4 Å². The van der Waals surface area contributed by atoms with Gasteiger partial charge in [-0.25, -0.2) is 4.68 Å². The number of carbonyl (C=O) groups is 3. The van der Waals surface area contributed by atoms with Crippen LogP contribution >= 0.6 is 0 Å². The van der Waals surface area contributed by atoms with Crippen LogP contribution in [0.4, 0.5) is 0 Å². The topological polar surface area (TPSA) is 124 Å². The molecule has 3 aliphatic carbocycles. The van der Waals surface area contributed by atoms with E-state index in [1.54, 1.807) is 16.8 Å². The Labute approximate surface area is 283 Å². The van der Waals surface area contributed by atoms with Gasteiger partial charge in [0.1, 0.15) is 6.04 Å². The summed E-state index contributed by atoms with van der Waals surface area (Å²) in [7, 11) is -0.619. The van der Waals surface area contributed by atoms with Crippen LogP contribution in [0.3, 0.4) is 0 Å². The van der Waals surface area contributed by atoms with Gasteiger partial charge in [0, 0.05) is 12.1 Å². The summed E-state index contributed by atoms with van der Waals surface area (Å²) in [5.41, 5.74) is 3.05. The first-order valence-corrected chi connectivity index (χ1v) is 17.2. The average molecular weight is 654 g/mol. The molecule has 3 saturated carbocycles. The second-order valence-corrected chi connectivity index (χ2v) is 15.1. The van der Waals surface area contributed by atoms with Crippen LogP contribution in [0.2, 0.25) is 0 Å². The van der Waals surface area contributed by atoms with Crippen LogP contribution in [0.25, 0.3) is 5.69 Å². The summed E-state index contributed by atoms with van der Waals surface area (Å²) in [6.07, 6.45) is 4.16. The van der Waals surface area contributed by atoms with Crippen molar-refractivity contribution in [3.8, 4) is 5.69 Å². The van der Waals surface area contributed by atoms with Crippen molar-refractivity contribution in [2.24, 2.45) is 23.2 Å².